The van der Waals surface area contributed by atoms with Gasteiger partial charge in [-0.05, 0) is 85.2 Å². The number of hydrogen-bond acceptors (Lipinski definition) is 8. The van der Waals surface area contributed by atoms with E-state index in [2.05, 4.69) is 10.3 Å². The van der Waals surface area contributed by atoms with Crippen LogP contribution in [0.3, 0.4) is 0 Å². The number of anilines is 2. The fraction of sp³-hybridized carbons (Fsp3) is 0.314. The van der Waals surface area contributed by atoms with E-state index >= 15 is 0 Å². The summed E-state index contributed by atoms with van der Waals surface area (Å²) in [6.07, 6.45) is 0.814. The molecule has 3 amide bonds. The van der Waals surface area contributed by atoms with Gasteiger partial charge in [-0.2, -0.15) is 0 Å². The van der Waals surface area contributed by atoms with E-state index in [1.807, 2.05) is 55.5 Å². The molecule has 234 valence electrons. The molecule has 0 spiro atoms. The van der Waals surface area contributed by atoms with Crippen molar-refractivity contribution in [3.8, 4) is 11.5 Å². The average Bonchev–Trinajstić information content (AvgIpc) is 3.80. The van der Waals surface area contributed by atoms with Crippen molar-refractivity contribution < 1.29 is 23.9 Å². The van der Waals surface area contributed by atoms with E-state index in [9.17, 15) is 19.2 Å². The van der Waals surface area contributed by atoms with Crippen molar-refractivity contribution in [2.75, 3.05) is 23.9 Å². The SMILES string of the molecule is COc1ccc(NC(=O)COc2cccc([C@@H]3c4sc(=O)[nH]c4S[C@@H]4[C@@H]5C[C@@H]([C@@H]6C(=O)N(c7ccc(C)cc7)C(=O)[C@@H]56)[C@H]34)c2)cc1. The molecule has 9 nitrogen and oxygen atoms in total. The minimum absolute atomic E-state index is 0.00889. The van der Waals surface area contributed by atoms with Gasteiger partial charge in [0.15, 0.2) is 6.61 Å². The minimum Gasteiger partial charge on any atom is -0.497 e. The number of carbonyl (C=O) groups is 3. The average molecular weight is 654 g/mol. The molecule has 4 aliphatic rings. The number of methoxy groups -OCH3 is 1. The maximum absolute atomic E-state index is 14.0. The summed E-state index contributed by atoms with van der Waals surface area (Å²) in [5.41, 5.74) is 3.30. The Labute approximate surface area is 273 Å². The first-order chi connectivity index (χ1) is 22.3. The van der Waals surface area contributed by atoms with Gasteiger partial charge in [-0.15, -0.1) is 11.8 Å². The van der Waals surface area contributed by atoms with Crippen LogP contribution < -0.4 is 24.6 Å². The number of nitrogens with zero attached hydrogens (tertiary/aromatic N) is 1. The molecule has 0 radical (unpaired) electrons. The number of thiazole rings is 1. The Hall–Kier alpha value is -4.35. The molecule has 4 aromatic rings. The highest BCUT2D eigenvalue weighted by Gasteiger charge is 2.69. The molecule has 3 aromatic carbocycles. The first-order valence-corrected chi connectivity index (χ1v) is 17.0. The van der Waals surface area contributed by atoms with Crippen LogP contribution >= 0.6 is 23.1 Å². The second-order valence-electron chi connectivity index (χ2n) is 12.4. The zero-order valence-electron chi connectivity index (χ0n) is 25.1. The monoisotopic (exact) mass is 653 g/mol. The summed E-state index contributed by atoms with van der Waals surface area (Å²) in [6, 6.07) is 22.3. The zero-order valence-corrected chi connectivity index (χ0v) is 26.7. The molecule has 1 saturated heterocycles. The van der Waals surface area contributed by atoms with Crippen LogP contribution in [-0.4, -0.2) is 41.7 Å². The molecular weight excluding hydrogens is 623 g/mol. The van der Waals surface area contributed by atoms with E-state index in [4.69, 9.17) is 9.47 Å². The van der Waals surface area contributed by atoms with Gasteiger partial charge in [-0.3, -0.25) is 24.1 Å². The lowest BCUT2D eigenvalue weighted by Crippen LogP contribution is -2.42. The topological polar surface area (TPSA) is 118 Å². The number of aromatic amines is 1. The predicted octanol–water partition coefficient (Wildman–Crippen LogP) is 5.45. The van der Waals surface area contributed by atoms with Gasteiger partial charge < -0.3 is 19.8 Å². The molecule has 0 unspecified atom stereocenters. The molecule has 7 atom stereocenters. The third-order valence-corrected chi connectivity index (χ3v) is 12.6. The lowest BCUT2D eigenvalue weighted by atomic mass is 9.68. The standard InChI is InChI=1S/C35H31N3O6S2/c1-17-6-10-20(11-7-17)38-33(40)28-23-15-24(29(28)34(38)41)30-27(23)26(31-32(45-30)37-35(42)46-31)18-4-3-5-22(14-18)44-16-25(39)36-19-8-12-21(43-2)13-9-19/h3-14,23-24,26-30H,15-16H2,1-2H3,(H,36,39)(H,37,42)/t23-,24-,26+,27-,28+,29+,30-/m1/s1. The Morgan fingerprint density at radius 3 is 2.43 bits per heavy atom. The van der Waals surface area contributed by atoms with Crippen LogP contribution in [0.4, 0.5) is 11.4 Å². The van der Waals surface area contributed by atoms with Gasteiger partial charge in [-0.25, -0.2) is 0 Å². The van der Waals surface area contributed by atoms with Crippen LogP contribution in [-0.2, 0) is 14.4 Å². The number of nitrogens with one attached hydrogen (secondary N) is 2. The summed E-state index contributed by atoms with van der Waals surface area (Å²) < 4.78 is 11.1. The molecule has 8 rings (SSSR count). The number of thioether (sulfide) groups is 1. The molecule has 2 saturated carbocycles. The van der Waals surface area contributed by atoms with Crippen LogP contribution in [0.25, 0.3) is 0 Å². The van der Waals surface area contributed by atoms with Crippen LogP contribution in [0.2, 0.25) is 0 Å². The molecule has 46 heavy (non-hydrogen) atoms. The van der Waals surface area contributed by atoms with Gasteiger partial charge in [0.1, 0.15) is 11.5 Å². The minimum atomic E-state index is -0.374. The Kier molecular flexibility index (Phi) is 7.06. The first-order valence-electron chi connectivity index (χ1n) is 15.3. The summed E-state index contributed by atoms with van der Waals surface area (Å²) in [7, 11) is 1.59. The van der Waals surface area contributed by atoms with E-state index < -0.39 is 0 Å². The number of benzene rings is 3. The van der Waals surface area contributed by atoms with Crippen molar-refractivity contribution >= 4 is 52.2 Å². The largest absolute Gasteiger partial charge is 0.497 e. The van der Waals surface area contributed by atoms with Crippen molar-refractivity contribution in [2.45, 2.75) is 29.5 Å². The van der Waals surface area contributed by atoms with E-state index in [1.165, 1.54) is 16.2 Å². The maximum Gasteiger partial charge on any atom is 0.305 e. The molecule has 11 heteroatoms. The number of rotatable bonds is 7. The highest BCUT2D eigenvalue weighted by Crippen LogP contribution is 2.68. The van der Waals surface area contributed by atoms with Crippen LogP contribution in [0.5, 0.6) is 11.5 Å². The fourth-order valence-corrected chi connectivity index (χ4v) is 11.0. The van der Waals surface area contributed by atoms with Crippen molar-refractivity contribution in [3.05, 3.63) is 98.5 Å². The van der Waals surface area contributed by atoms with Crippen molar-refractivity contribution in [1.29, 1.82) is 0 Å². The summed E-state index contributed by atoms with van der Waals surface area (Å²) >= 11 is 2.88. The van der Waals surface area contributed by atoms with E-state index in [0.717, 1.165) is 27.5 Å². The number of carbonyl (C=O) groups excluding carboxylic acids is 3. The van der Waals surface area contributed by atoms with E-state index in [1.54, 1.807) is 43.1 Å². The maximum atomic E-state index is 14.0. The second-order valence-corrected chi connectivity index (χ2v) is 14.6. The van der Waals surface area contributed by atoms with Crippen molar-refractivity contribution in [2.24, 2.45) is 29.6 Å². The van der Waals surface area contributed by atoms with Crippen molar-refractivity contribution in [1.82, 2.24) is 4.98 Å². The summed E-state index contributed by atoms with van der Waals surface area (Å²) in [6.45, 7) is 1.81. The Balaban J connectivity index is 1.07. The lowest BCUT2D eigenvalue weighted by molar-refractivity contribution is -0.123. The third-order valence-electron chi connectivity index (χ3n) is 9.98. The highest BCUT2D eigenvalue weighted by molar-refractivity contribution is 8.00. The smallest absolute Gasteiger partial charge is 0.305 e. The molecular formula is C35H31N3O6S2. The molecule has 2 bridgehead atoms. The van der Waals surface area contributed by atoms with Crippen LogP contribution in [0.1, 0.15) is 28.3 Å². The van der Waals surface area contributed by atoms with Crippen LogP contribution in [0, 0.1) is 36.5 Å². The molecule has 3 fully saturated rings. The molecule has 2 N–H and O–H groups in total. The van der Waals surface area contributed by atoms with Gasteiger partial charge in [0.05, 0.1) is 29.7 Å². The third kappa shape index (κ3) is 4.67. The van der Waals surface area contributed by atoms with Gasteiger partial charge in [0, 0.05) is 21.7 Å². The quantitative estimate of drug-likeness (QED) is 0.255. The number of aryl methyl sites for hydroxylation is 1. The number of amides is 3. The molecule has 3 heterocycles. The first kappa shape index (κ1) is 29.1. The molecule has 2 aliphatic carbocycles. The lowest BCUT2D eigenvalue weighted by Gasteiger charge is -2.43. The number of ether oxygens (including phenoxy) is 2. The summed E-state index contributed by atoms with van der Waals surface area (Å²) in [4.78, 5) is 58.4. The van der Waals surface area contributed by atoms with Crippen LogP contribution in [0.15, 0.2) is 82.6 Å². The van der Waals surface area contributed by atoms with E-state index in [-0.39, 0.29) is 70.0 Å². The Bertz CT molecular complexity index is 1920. The number of H-pyrrole nitrogens is 1. The Morgan fingerprint density at radius 2 is 1.70 bits per heavy atom. The zero-order chi connectivity index (χ0) is 31.7. The van der Waals surface area contributed by atoms with Gasteiger partial charge in [0.25, 0.3) is 5.91 Å². The van der Waals surface area contributed by atoms with Gasteiger partial charge in [-0.1, -0.05) is 41.2 Å². The predicted molar refractivity (Wildman–Crippen MR) is 176 cm³/mol. The molecule has 2 aliphatic heterocycles. The van der Waals surface area contributed by atoms with Crippen molar-refractivity contribution in [3.63, 3.8) is 0 Å². The summed E-state index contributed by atoms with van der Waals surface area (Å²) in [5.74, 6) is -0.0162. The normalized spacial score (nSPS) is 27.3. The summed E-state index contributed by atoms with van der Waals surface area (Å²) in [5, 5.41) is 3.77. The Morgan fingerprint density at radius 1 is 0.957 bits per heavy atom. The van der Waals surface area contributed by atoms with E-state index in [0.29, 0.717) is 22.9 Å². The fourth-order valence-electron chi connectivity index (χ4n) is 8.16. The van der Waals surface area contributed by atoms with Gasteiger partial charge >= 0.3 is 4.87 Å². The molecule has 1 aromatic heterocycles. The number of fused-ring (bicyclic) bond motifs is 9. The van der Waals surface area contributed by atoms with Gasteiger partial charge in [0.2, 0.25) is 11.8 Å². The number of hydrogen-bond donors (Lipinski definition) is 2. The second kappa shape index (κ2) is 11.2. The number of aromatic nitrogens is 1. The number of imide groups is 1. The highest BCUT2D eigenvalue weighted by atomic mass is 32.2.